The van der Waals surface area contributed by atoms with Crippen molar-refractivity contribution in [3.05, 3.63) is 104 Å². The number of nitrogens with one attached hydrogen (secondary N) is 1. The van der Waals surface area contributed by atoms with Crippen molar-refractivity contribution in [1.29, 1.82) is 0 Å². The van der Waals surface area contributed by atoms with E-state index in [4.69, 9.17) is 21.4 Å². The molecule has 1 aromatic heterocycles. The van der Waals surface area contributed by atoms with E-state index in [1.165, 1.54) is 23.9 Å². The van der Waals surface area contributed by atoms with Crippen LogP contribution in [0.3, 0.4) is 0 Å². The number of rotatable bonds is 3. The largest absolute Gasteiger partial charge is 0.480 e. The Morgan fingerprint density at radius 2 is 1.79 bits per heavy atom. The zero-order valence-corrected chi connectivity index (χ0v) is 21.0. The summed E-state index contributed by atoms with van der Waals surface area (Å²) in [4.78, 5) is 4.67. The fraction of sp³-hybridized carbons (Fsp3) is 0.120. The monoisotopic (exact) mass is 554 g/mol. The summed E-state index contributed by atoms with van der Waals surface area (Å²) < 4.78 is 23.3. The number of nitrogens with zero attached hydrogens (tertiary/aromatic N) is 3. The van der Waals surface area contributed by atoms with E-state index >= 15 is 0 Å². The van der Waals surface area contributed by atoms with Crippen LogP contribution in [0, 0.1) is 5.82 Å². The molecule has 3 heterocycles. The Labute approximate surface area is 213 Å². The molecule has 5 nitrogen and oxygen atoms in total. The highest BCUT2D eigenvalue weighted by molar-refractivity contribution is 9.10. The molecule has 0 amide bonds. The van der Waals surface area contributed by atoms with E-state index in [1.54, 1.807) is 12.1 Å². The molecule has 3 aromatic carbocycles. The van der Waals surface area contributed by atoms with E-state index in [9.17, 15) is 4.39 Å². The van der Waals surface area contributed by atoms with Crippen LogP contribution in [-0.4, -0.2) is 21.0 Å². The Balaban J connectivity index is 1.63. The van der Waals surface area contributed by atoms with Crippen molar-refractivity contribution in [2.45, 2.75) is 17.3 Å². The molecule has 0 saturated carbocycles. The lowest BCUT2D eigenvalue weighted by molar-refractivity contribution is 0.223. The van der Waals surface area contributed by atoms with Gasteiger partial charge in [0.2, 0.25) is 11.1 Å². The highest BCUT2D eigenvalue weighted by atomic mass is 79.9. The fourth-order valence-electron chi connectivity index (χ4n) is 4.45. The van der Waals surface area contributed by atoms with Crippen LogP contribution in [0.5, 0.6) is 5.75 Å². The molecule has 0 fully saturated rings. The Bertz CT molecular complexity index is 1440. The van der Waals surface area contributed by atoms with Gasteiger partial charge in [-0.05, 0) is 59.8 Å². The average molecular weight is 556 g/mol. The van der Waals surface area contributed by atoms with E-state index in [-0.39, 0.29) is 11.9 Å². The number of hydrogen-bond donors (Lipinski definition) is 1. The lowest BCUT2D eigenvalue weighted by Crippen LogP contribution is -2.32. The lowest BCUT2D eigenvalue weighted by atomic mass is 9.84. The van der Waals surface area contributed by atoms with Crippen LogP contribution in [0.25, 0.3) is 5.70 Å². The molecule has 0 aliphatic carbocycles. The topological polar surface area (TPSA) is 52.0 Å². The zero-order chi connectivity index (χ0) is 23.4. The van der Waals surface area contributed by atoms with Gasteiger partial charge < -0.3 is 10.1 Å². The molecule has 6 rings (SSSR count). The van der Waals surface area contributed by atoms with Crippen LogP contribution in [0.2, 0.25) is 5.02 Å². The Kier molecular flexibility index (Phi) is 5.39. The maximum atomic E-state index is 13.9. The molecule has 1 N–H and O–H groups in total. The third-order valence-electron chi connectivity index (χ3n) is 5.96. The summed E-state index contributed by atoms with van der Waals surface area (Å²) in [5, 5.41) is 9.48. The van der Waals surface area contributed by atoms with Crippen LogP contribution in [0.1, 0.15) is 28.8 Å². The molecule has 4 aromatic rings. The maximum Gasteiger partial charge on any atom is 0.227 e. The van der Waals surface area contributed by atoms with Gasteiger partial charge in [0.1, 0.15) is 23.7 Å². The minimum absolute atomic E-state index is 0.294. The molecule has 2 aliphatic heterocycles. The van der Waals surface area contributed by atoms with E-state index in [0.717, 1.165) is 38.2 Å². The number of aromatic nitrogens is 3. The fourth-order valence-corrected chi connectivity index (χ4v) is 5.23. The molecule has 0 spiro atoms. The van der Waals surface area contributed by atoms with E-state index in [0.29, 0.717) is 16.1 Å². The molecular weight excluding hydrogens is 539 g/mol. The second-order valence-corrected chi connectivity index (χ2v) is 10.1. The smallest absolute Gasteiger partial charge is 0.227 e. The van der Waals surface area contributed by atoms with Crippen LogP contribution in [0.4, 0.5) is 10.3 Å². The van der Waals surface area contributed by atoms with Crippen LogP contribution < -0.4 is 10.1 Å². The van der Waals surface area contributed by atoms with Crippen LogP contribution in [-0.2, 0) is 0 Å². The zero-order valence-electron chi connectivity index (χ0n) is 17.8. The molecular formula is C25H17BrClFN4OS. The number of halogens is 3. The number of anilines is 1. The van der Waals surface area contributed by atoms with Gasteiger partial charge in [-0.1, -0.05) is 63.6 Å². The molecule has 0 bridgehead atoms. The summed E-state index contributed by atoms with van der Waals surface area (Å²) in [5.41, 5.74) is 4.54. The van der Waals surface area contributed by atoms with Gasteiger partial charge in [-0.15, -0.1) is 5.10 Å². The van der Waals surface area contributed by atoms with Gasteiger partial charge >= 0.3 is 0 Å². The lowest BCUT2D eigenvalue weighted by Gasteiger charge is -2.39. The average Bonchev–Trinajstić information content (AvgIpc) is 3.27. The first-order chi connectivity index (χ1) is 16.5. The molecule has 0 radical (unpaired) electrons. The molecule has 34 heavy (non-hydrogen) atoms. The third-order valence-corrected chi connectivity index (χ3v) is 7.26. The normalized spacial score (nSPS) is 18.5. The van der Waals surface area contributed by atoms with Gasteiger partial charge in [-0.2, -0.15) is 4.98 Å². The quantitative estimate of drug-likeness (QED) is 0.273. The predicted octanol–water partition coefficient (Wildman–Crippen LogP) is 7.11. The molecule has 0 saturated heterocycles. The number of hydrogen-bond acceptors (Lipinski definition) is 5. The molecule has 2 unspecified atom stereocenters. The molecule has 2 aliphatic rings. The summed E-state index contributed by atoms with van der Waals surface area (Å²) in [7, 11) is 0. The van der Waals surface area contributed by atoms with Gasteiger partial charge in [-0.25, -0.2) is 9.07 Å². The number of benzene rings is 3. The second-order valence-electron chi connectivity index (χ2n) is 7.97. The summed E-state index contributed by atoms with van der Waals surface area (Å²) in [6, 6.07) is 19.8. The van der Waals surface area contributed by atoms with Gasteiger partial charge in [-0.3, -0.25) is 0 Å². The van der Waals surface area contributed by atoms with Crippen molar-refractivity contribution < 1.29 is 9.13 Å². The summed E-state index contributed by atoms with van der Waals surface area (Å²) in [6.45, 7) is 0. The van der Waals surface area contributed by atoms with Gasteiger partial charge in [0.25, 0.3) is 0 Å². The SMILES string of the molecule is CSc1nc2n(n1)C(c1ccc(F)cc1)C1=C(N2)c2cc(Cl)ccc2OC1c1ccc(Br)cc1. The van der Waals surface area contributed by atoms with Gasteiger partial charge in [0.05, 0.1) is 5.70 Å². The van der Waals surface area contributed by atoms with E-state index < -0.39 is 6.10 Å². The number of fused-ring (bicyclic) bond motifs is 3. The first kappa shape index (κ1) is 21.7. The van der Waals surface area contributed by atoms with Gasteiger partial charge in [0, 0.05) is 20.6 Å². The van der Waals surface area contributed by atoms with Crippen molar-refractivity contribution in [3.8, 4) is 5.75 Å². The molecule has 170 valence electrons. The Hall–Kier alpha value is -2.81. The minimum Gasteiger partial charge on any atom is -0.480 e. The standard InChI is InChI=1S/C25H17BrClFN4OS/c1-34-25-30-24-29-21-18-12-16(27)8-11-19(18)33-23(14-2-6-15(26)7-3-14)20(21)22(32(24)31-25)13-4-9-17(28)10-5-13/h2-12,22-23H,1H3,(H,29,30,31). The predicted molar refractivity (Wildman–Crippen MR) is 136 cm³/mol. The van der Waals surface area contributed by atoms with Gasteiger partial charge in [0.15, 0.2) is 0 Å². The highest BCUT2D eigenvalue weighted by Crippen LogP contribution is 2.51. The highest BCUT2D eigenvalue weighted by Gasteiger charge is 2.41. The van der Waals surface area contributed by atoms with Crippen molar-refractivity contribution >= 4 is 50.9 Å². The minimum atomic E-state index is -0.408. The summed E-state index contributed by atoms with van der Waals surface area (Å²) in [6.07, 6.45) is 1.53. The van der Waals surface area contributed by atoms with Crippen LogP contribution >= 0.6 is 39.3 Å². The first-order valence-corrected chi connectivity index (χ1v) is 12.9. The Morgan fingerprint density at radius 1 is 1.06 bits per heavy atom. The third kappa shape index (κ3) is 3.61. The van der Waals surface area contributed by atoms with Crippen molar-refractivity contribution in [2.75, 3.05) is 11.6 Å². The second kappa shape index (κ2) is 8.45. The van der Waals surface area contributed by atoms with Crippen molar-refractivity contribution in [1.82, 2.24) is 14.8 Å². The van der Waals surface area contributed by atoms with E-state index in [1.807, 2.05) is 53.4 Å². The first-order valence-electron chi connectivity index (χ1n) is 10.5. The number of thioether (sulfide) groups is 1. The van der Waals surface area contributed by atoms with Crippen molar-refractivity contribution in [3.63, 3.8) is 0 Å². The van der Waals surface area contributed by atoms with Crippen LogP contribution in [0.15, 0.2) is 81.9 Å². The van der Waals surface area contributed by atoms with E-state index in [2.05, 4.69) is 26.2 Å². The molecule has 2 atom stereocenters. The number of ether oxygens (including phenoxy) is 1. The van der Waals surface area contributed by atoms with Crippen molar-refractivity contribution in [2.24, 2.45) is 0 Å². The molecule has 9 heteroatoms. The Morgan fingerprint density at radius 3 is 2.53 bits per heavy atom. The summed E-state index contributed by atoms with van der Waals surface area (Å²) in [5.74, 6) is 1.04. The maximum absolute atomic E-state index is 13.9. The summed E-state index contributed by atoms with van der Waals surface area (Å²) >= 11 is 11.4.